The van der Waals surface area contributed by atoms with Crippen LogP contribution in [0.4, 0.5) is 0 Å². The number of hydrogen-bond donors (Lipinski definition) is 0. The summed E-state index contributed by atoms with van der Waals surface area (Å²) in [6.45, 7) is 7.62. The molecule has 6 nitrogen and oxygen atoms in total. The van der Waals surface area contributed by atoms with E-state index in [2.05, 4.69) is 0 Å². The van der Waals surface area contributed by atoms with E-state index in [1.807, 2.05) is 27.7 Å². The third-order valence-corrected chi connectivity index (χ3v) is 4.14. The summed E-state index contributed by atoms with van der Waals surface area (Å²) in [4.78, 5) is 24.0. The molecule has 21 heavy (non-hydrogen) atoms. The van der Waals surface area contributed by atoms with Crippen LogP contribution in [0.1, 0.15) is 38.1 Å². The molecular weight excluding hydrogens is 273 g/mol. The Bertz CT molecular complexity index is 619. The van der Waals surface area contributed by atoms with Crippen LogP contribution in [0.15, 0.2) is 17.1 Å². The summed E-state index contributed by atoms with van der Waals surface area (Å²) in [5.41, 5.74) is -0.794. The number of methoxy groups -OCH3 is 1. The molecule has 2 rings (SSSR count). The molecule has 1 aromatic rings. The van der Waals surface area contributed by atoms with Crippen LogP contribution in [-0.2, 0) is 21.1 Å². The molecule has 0 N–H and O–H groups in total. The number of pyridine rings is 1. The number of rotatable bonds is 2. The second kappa shape index (κ2) is 5.00. The maximum atomic E-state index is 12.3. The summed E-state index contributed by atoms with van der Waals surface area (Å²) in [6.07, 6.45) is 1.43. The number of aromatic nitrogens is 1. The van der Waals surface area contributed by atoms with Gasteiger partial charge >= 0.3 is 13.1 Å². The highest BCUT2D eigenvalue weighted by Crippen LogP contribution is 2.36. The average Bonchev–Trinajstić information content (AvgIpc) is 2.60. The third-order valence-electron chi connectivity index (χ3n) is 4.14. The first-order valence-corrected chi connectivity index (χ1v) is 6.73. The number of hydrogen-bond acceptors (Lipinski definition) is 5. The van der Waals surface area contributed by atoms with Crippen LogP contribution < -0.4 is 11.0 Å². The van der Waals surface area contributed by atoms with Crippen molar-refractivity contribution in [3.63, 3.8) is 0 Å². The molecule has 1 aliphatic rings. The molecule has 0 spiro atoms. The van der Waals surface area contributed by atoms with Gasteiger partial charge in [0.15, 0.2) is 0 Å². The Kier molecular flexibility index (Phi) is 3.76. The first kappa shape index (κ1) is 15.8. The summed E-state index contributed by atoms with van der Waals surface area (Å²) in [6, 6.07) is 1.47. The maximum absolute atomic E-state index is 12.3. The zero-order chi connectivity index (χ0) is 16.0. The molecule has 1 aliphatic heterocycles. The Labute approximate surface area is 124 Å². The lowest BCUT2D eigenvalue weighted by atomic mass is 9.79. The second-order valence-electron chi connectivity index (χ2n) is 6.18. The van der Waals surface area contributed by atoms with Crippen molar-refractivity contribution < 1.29 is 18.8 Å². The van der Waals surface area contributed by atoms with Crippen molar-refractivity contribution >= 4 is 18.6 Å². The van der Waals surface area contributed by atoms with Gasteiger partial charge in [-0.05, 0) is 33.8 Å². The van der Waals surface area contributed by atoms with E-state index in [0.29, 0.717) is 5.46 Å². The van der Waals surface area contributed by atoms with Gasteiger partial charge in [-0.25, -0.2) is 4.79 Å². The lowest BCUT2D eigenvalue weighted by Crippen LogP contribution is -2.47. The van der Waals surface area contributed by atoms with E-state index in [0.717, 1.165) is 0 Å². The van der Waals surface area contributed by atoms with E-state index in [4.69, 9.17) is 14.0 Å². The second-order valence-corrected chi connectivity index (χ2v) is 6.18. The predicted octanol–water partition coefficient (Wildman–Crippen LogP) is 0.471. The summed E-state index contributed by atoms with van der Waals surface area (Å²) < 4.78 is 17.8. The van der Waals surface area contributed by atoms with Gasteiger partial charge in [-0.2, -0.15) is 0 Å². The quantitative estimate of drug-likeness (QED) is 0.586. The maximum Gasteiger partial charge on any atom is 0.500 e. The van der Waals surface area contributed by atoms with E-state index in [1.54, 1.807) is 7.05 Å². The fourth-order valence-electron chi connectivity index (χ4n) is 2.11. The molecule has 0 aliphatic carbocycles. The minimum Gasteiger partial charge on any atom is -0.465 e. The highest BCUT2D eigenvalue weighted by Gasteiger charge is 2.52. The smallest absolute Gasteiger partial charge is 0.465 e. The molecule has 2 heterocycles. The van der Waals surface area contributed by atoms with Crippen molar-refractivity contribution in [2.45, 2.75) is 38.9 Å². The molecule has 114 valence electrons. The van der Waals surface area contributed by atoms with E-state index in [-0.39, 0.29) is 11.1 Å². The van der Waals surface area contributed by atoms with E-state index in [9.17, 15) is 9.59 Å². The van der Waals surface area contributed by atoms with Gasteiger partial charge in [0.05, 0.1) is 23.9 Å². The highest BCUT2D eigenvalue weighted by molar-refractivity contribution is 6.62. The van der Waals surface area contributed by atoms with Gasteiger partial charge in [0.1, 0.15) is 0 Å². The molecule has 1 saturated heterocycles. The van der Waals surface area contributed by atoms with Gasteiger partial charge < -0.3 is 18.6 Å². The van der Waals surface area contributed by atoms with E-state index < -0.39 is 24.3 Å². The van der Waals surface area contributed by atoms with Gasteiger partial charge in [-0.1, -0.05) is 0 Å². The highest BCUT2D eigenvalue weighted by atomic mass is 16.7. The summed E-state index contributed by atoms with van der Waals surface area (Å²) in [5, 5.41) is 0. The fourth-order valence-corrected chi connectivity index (χ4v) is 2.11. The third kappa shape index (κ3) is 2.63. The largest absolute Gasteiger partial charge is 0.500 e. The summed E-state index contributed by atoms with van der Waals surface area (Å²) >= 11 is 0. The Morgan fingerprint density at radius 3 is 2.24 bits per heavy atom. The van der Waals surface area contributed by atoms with Gasteiger partial charge in [-0.3, -0.25) is 4.79 Å². The molecule has 0 saturated carbocycles. The van der Waals surface area contributed by atoms with Crippen molar-refractivity contribution in [1.29, 1.82) is 0 Å². The Balaban J connectivity index is 2.48. The normalized spacial score (nSPS) is 19.6. The summed E-state index contributed by atoms with van der Waals surface area (Å²) in [5.74, 6) is -0.511. The van der Waals surface area contributed by atoms with Crippen LogP contribution in [0.5, 0.6) is 0 Å². The number of ether oxygens (including phenoxy) is 1. The number of nitrogens with zero attached hydrogens (tertiary/aromatic N) is 1. The van der Waals surface area contributed by atoms with Gasteiger partial charge in [0.2, 0.25) is 5.56 Å². The SMILES string of the molecule is COC(=O)c1cc(B2OC(C)(C)C(C)(C)O2)c(=O)n(C)c1. The molecule has 1 aromatic heterocycles. The van der Waals surface area contributed by atoms with Crippen molar-refractivity contribution in [2.75, 3.05) is 7.11 Å². The average molecular weight is 293 g/mol. The van der Waals surface area contributed by atoms with Crippen molar-refractivity contribution in [3.8, 4) is 0 Å². The number of carbonyl (C=O) groups is 1. The van der Waals surface area contributed by atoms with Crippen molar-refractivity contribution in [1.82, 2.24) is 4.57 Å². The molecule has 7 heteroatoms. The first-order valence-electron chi connectivity index (χ1n) is 6.73. The monoisotopic (exact) mass is 293 g/mol. The lowest BCUT2D eigenvalue weighted by molar-refractivity contribution is 0.00578. The molecule has 0 unspecified atom stereocenters. The first-order chi connectivity index (χ1) is 9.59. The minimum atomic E-state index is -0.807. The van der Waals surface area contributed by atoms with Gasteiger partial charge in [-0.15, -0.1) is 0 Å². The van der Waals surface area contributed by atoms with Crippen molar-refractivity contribution in [3.05, 3.63) is 28.2 Å². The Morgan fingerprint density at radius 2 is 1.76 bits per heavy atom. The van der Waals surface area contributed by atoms with Gasteiger partial charge in [0, 0.05) is 18.7 Å². The topological polar surface area (TPSA) is 66.8 Å². The van der Waals surface area contributed by atoms with E-state index in [1.165, 1.54) is 23.9 Å². The van der Waals surface area contributed by atoms with Crippen LogP contribution in [0.25, 0.3) is 0 Å². The Hall–Kier alpha value is -1.60. The molecular formula is C14H20BNO5. The fraction of sp³-hybridized carbons (Fsp3) is 0.571. The molecule has 1 fully saturated rings. The molecule has 0 atom stereocenters. The number of carbonyl (C=O) groups excluding carboxylic acids is 1. The standard InChI is InChI=1S/C14H20BNO5/c1-13(2)14(3,4)21-15(20-13)10-7-9(12(18)19-6)8-16(5)11(10)17/h7-8H,1-6H3. The number of aryl methyl sites for hydroxylation is 1. The predicted molar refractivity (Wildman–Crippen MR) is 78.7 cm³/mol. The number of esters is 1. The van der Waals surface area contributed by atoms with Crippen molar-refractivity contribution in [2.24, 2.45) is 7.05 Å². The minimum absolute atomic E-state index is 0.263. The zero-order valence-electron chi connectivity index (χ0n) is 13.2. The van der Waals surface area contributed by atoms with Crippen LogP contribution in [-0.4, -0.2) is 36.0 Å². The van der Waals surface area contributed by atoms with E-state index >= 15 is 0 Å². The van der Waals surface area contributed by atoms with Crippen LogP contribution in [0.3, 0.4) is 0 Å². The van der Waals surface area contributed by atoms with Crippen LogP contribution >= 0.6 is 0 Å². The molecule has 0 amide bonds. The summed E-state index contributed by atoms with van der Waals surface area (Å²) in [7, 11) is 2.06. The van der Waals surface area contributed by atoms with Gasteiger partial charge in [0.25, 0.3) is 0 Å². The van der Waals surface area contributed by atoms with Crippen LogP contribution in [0, 0.1) is 0 Å². The molecule has 0 aromatic carbocycles. The van der Waals surface area contributed by atoms with Crippen LogP contribution in [0.2, 0.25) is 0 Å². The molecule has 0 radical (unpaired) electrons. The molecule has 0 bridgehead atoms. The Morgan fingerprint density at radius 1 is 1.24 bits per heavy atom. The zero-order valence-corrected chi connectivity index (χ0v) is 13.2. The lowest BCUT2D eigenvalue weighted by Gasteiger charge is -2.32.